The van der Waals surface area contributed by atoms with E-state index in [4.69, 9.17) is 4.74 Å². The number of carbonyl (C=O) groups excluding carboxylic acids is 1. The molecule has 1 aromatic carbocycles. The fourth-order valence-corrected chi connectivity index (χ4v) is 1.92. The minimum atomic E-state index is -4.47. The maximum absolute atomic E-state index is 12.8. The standard InChI is InChI=1S/C17H13F3N2O2/c1-24-16-13(8-5-11-22-16)15(23)21-10-4-7-12-6-2-3-9-14(12)17(18,19)20/h2-3,5-6,8-9,11H,10H2,1H3,(H,21,23). The predicted molar refractivity (Wildman–Crippen MR) is 81.4 cm³/mol. The molecule has 0 aliphatic rings. The van der Waals surface area contributed by atoms with Crippen LogP contribution in [-0.2, 0) is 6.18 Å². The van der Waals surface area contributed by atoms with Gasteiger partial charge >= 0.3 is 6.18 Å². The monoisotopic (exact) mass is 334 g/mol. The lowest BCUT2D eigenvalue weighted by Gasteiger charge is -2.08. The molecule has 1 aromatic heterocycles. The number of carbonyl (C=O) groups is 1. The van der Waals surface area contributed by atoms with Crippen LogP contribution < -0.4 is 10.1 Å². The second kappa shape index (κ2) is 7.51. The lowest BCUT2D eigenvalue weighted by molar-refractivity contribution is -0.137. The van der Waals surface area contributed by atoms with Crippen LogP contribution >= 0.6 is 0 Å². The van der Waals surface area contributed by atoms with Gasteiger partial charge in [-0.2, -0.15) is 13.2 Å². The Morgan fingerprint density at radius 2 is 2.00 bits per heavy atom. The molecule has 2 aromatic rings. The highest BCUT2D eigenvalue weighted by molar-refractivity contribution is 5.96. The summed E-state index contributed by atoms with van der Waals surface area (Å²) in [6.45, 7) is -0.108. The summed E-state index contributed by atoms with van der Waals surface area (Å²) in [6, 6.07) is 8.10. The van der Waals surface area contributed by atoms with Crippen LogP contribution in [0.3, 0.4) is 0 Å². The number of aromatic nitrogens is 1. The molecule has 0 spiro atoms. The van der Waals surface area contributed by atoms with Crippen molar-refractivity contribution in [1.29, 1.82) is 0 Å². The van der Waals surface area contributed by atoms with Crippen molar-refractivity contribution in [2.75, 3.05) is 13.7 Å². The fraction of sp³-hybridized carbons (Fsp3) is 0.176. The molecule has 2 rings (SSSR count). The highest BCUT2D eigenvalue weighted by atomic mass is 19.4. The van der Waals surface area contributed by atoms with Crippen LogP contribution in [0.2, 0.25) is 0 Å². The third-order valence-electron chi connectivity index (χ3n) is 3.00. The van der Waals surface area contributed by atoms with Crippen molar-refractivity contribution < 1.29 is 22.7 Å². The highest BCUT2D eigenvalue weighted by Crippen LogP contribution is 2.31. The van der Waals surface area contributed by atoms with Crippen LogP contribution in [0.5, 0.6) is 5.88 Å². The van der Waals surface area contributed by atoms with E-state index in [0.717, 1.165) is 6.07 Å². The van der Waals surface area contributed by atoms with E-state index in [1.807, 2.05) is 0 Å². The van der Waals surface area contributed by atoms with Crippen molar-refractivity contribution >= 4 is 5.91 Å². The van der Waals surface area contributed by atoms with Gasteiger partial charge in [-0.25, -0.2) is 4.98 Å². The molecule has 0 bridgehead atoms. The molecule has 0 saturated carbocycles. The molecular weight excluding hydrogens is 321 g/mol. The van der Waals surface area contributed by atoms with Gasteiger partial charge in [-0.1, -0.05) is 24.0 Å². The summed E-state index contributed by atoms with van der Waals surface area (Å²) in [5, 5.41) is 2.49. The first-order chi connectivity index (χ1) is 11.4. The van der Waals surface area contributed by atoms with E-state index >= 15 is 0 Å². The molecule has 0 atom stereocenters. The van der Waals surface area contributed by atoms with Crippen LogP contribution in [0.4, 0.5) is 13.2 Å². The molecule has 0 unspecified atom stereocenters. The van der Waals surface area contributed by atoms with Gasteiger partial charge in [-0.3, -0.25) is 4.79 Å². The molecule has 1 amide bonds. The summed E-state index contributed by atoms with van der Waals surface area (Å²) < 4.78 is 43.5. The molecule has 4 nitrogen and oxygen atoms in total. The number of pyridine rings is 1. The molecular formula is C17H13F3N2O2. The van der Waals surface area contributed by atoms with Crippen molar-refractivity contribution in [3.63, 3.8) is 0 Å². The lowest BCUT2D eigenvalue weighted by atomic mass is 10.1. The second-order valence-electron chi connectivity index (χ2n) is 4.59. The van der Waals surface area contributed by atoms with E-state index in [1.54, 1.807) is 6.07 Å². The van der Waals surface area contributed by atoms with Gasteiger partial charge in [0.1, 0.15) is 5.56 Å². The lowest BCUT2D eigenvalue weighted by Crippen LogP contribution is -2.24. The Morgan fingerprint density at radius 1 is 1.25 bits per heavy atom. The Balaban J connectivity index is 2.06. The molecule has 1 N–H and O–H groups in total. The SMILES string of the molecule is COc1ncccc1C(=O)NCC#Cc1ccccc1C(F)(F)F. The smallest absolute Gasteiger partial charge is 0.417 e. The van der Waals surface area contributed by atoms with Gasteiger partial charge in [0.25, 0.3) is 5.91 Å². The summed E-state index contributed by atoms with van der Waals surface area (Å²) in [4.78, 5) is 15.9. The first-order valence-electron chi connectivity index (χ1n) is 6.86. The van der Waals surface area contributed by atoms with Gasteiger partial charge in [-0.05, 0) is 24.3 Å². The number of hydrogen-bond acceptors (Lipinski definition) is 3. The van der Waals surface area contributed by atoms with Crippen molar-refractivity contribution in [2.24, 2.45) is 0 Å². The van der Waals surface area contributed by atoms with Crippen LogP contribution in [0, 0.1) is 11.8 Å². The maximum Gasteiger partial charge on any atom is 0.417 e. The van der Waals surface area contributed by atoms with Crippen LogP contribution in [-0.4, -0.2) is 24.5 Å². The number of hydrogen-bond donors (Lipinski definition) is 1. The number of methoxy groups -OCH3 is 1. The van der Waals surface area contributed by atoms with Crippen molar-refractivity contribution in [1.82, 2.24) is 10.3 Å². The van der Waals surface area contributed by atoms with Gasteiger partial charge in [0.05, 0.1) is 19.2 Å². The first-order valence-corrected chi connectivity index (χ1v) is 6.86. The zero-order chi connectivity index (χ0) is 17.6. The Morgan fingerprint density at radius 3 is 2.71 bits per heavy atom. The van der Waals surface area contributed by atoms with Gasteiger partial charge in [0.2, 0.25) is 5.88 Å². The van der Waals surface area contributed by atoms with Crippen LogP contribution in [0.15, 0.2) is 42.6 Å². The number of rotatable bonds is 3. The van der Waals surface area contributed by atoms with Gasteiger partial charge < -0.3 is 10.1 Å². The predicted octanol–water partition coefficient (Wildman–Crippen LogP) is 2.89. The van der Waals surface area contributed by atoms with E-state index in [0.29, 0.717) is 0 Å². The second-order valence-corrected chi connectivity index (χ2v) is 4.59. The number of alkyl halides is 3. The topological polar surface area (TPSA) is 51.2 Å². The molecule has 0 fully saturated rings. The molecule has 24 heavy (non-hydrogen) atoms. The van der Waals surface area contributed by atoms with E-state index < -0.39 is 17.6 Å². The Kier molecular flexibility index (Phi) is 5.42. The summed E-state index contributed by atoms with van der Waals surface area (Å²) in [5.74, 6) is 4.62. The summed E-state index contributed by atoms with van der Waals surface area (Å²) in [7, 11) is 1.38. The summed E-state index contributed by atoms with van der Waals surface area (Å²) in [5.41, 5.74) is -0.728. The van der Waals surface area contributed by atoms with Gasteiger partial charge in [-0.15, -0.1) is 0 Å². The number of amides is 1. The molecule has 1 heterocycles. The van der Waals surface area contributed by atoms with Crippen molar-refractivity contribution in [2.45, 2.75) is 6.18 Å². The van der Waals surface area contributed by atoms with E-state index in [-0.39, 0.29) is 23.6 Å². The van der Waals surface area contributed by atoms with Crippen molar-refractivity contribution in [3.8, 4) is 17.7 Å². The third-order valence-corrected chi connectivity index (χ3v) is 3.00. The average molecular weight is 334 g/mol. The Labute approximate surface area is 136 Å². The van der Waals surface area contributed by atoms with Gasteiger partial charge in [0.15, 0.2) is 0 Å². The van der Waals surface area contributed by atoms with Crippen molar-refractivity contribution in [3.05, 3.63) is 59.3 Å². The molecule has 0 radical (unpaired) electrons. The zero-order valence-corrected chi connectivity index (χ0v) is 12.6. The Bertz CT molecular complexity index is 792. The van der Waals surface area contributed by atoms with E-state index in [2.05, 4.69) is 22.1 Å². The summed E-state index contributed by atoms with van der Waals surface area (Å²) in [6.07, 6.45) is -3.00. The largest absolute Gasteiger partial charge is 0.480 e. The number of benzene rings is 1. The number of nitrogens with zero attached hydrogens (tertiary/aromatic N) is 1. The number of ether oxygens (including phenoxy) is 1. The Hall–Kier alpha value is -3.01. The minimum Gasteiger partial charge on any atom is -0.480 e. The summed E-state index contributed by atoms with van der Waals surface area (Å²) >= 11 is 0. The molecule has 124 valence electrons. The molecule has 0 saturated heterocycles. The third kappa shape index (κ3) is 4.26. The van der Waals surface area contributed by atoms with Crippen LogP contribution in [0.1, 0.15) is 21.5 Å². The maximum atomic E-state index is 12.8. The fourth-order valence-electron chi connectivity index (χ4n) is 1.92. The first kappa shape index (κ1) is 17.3. The number of halogens is 3. The van der Waals surface area contributed by atoms with Gasteiger partial charge in [0, 0.05) is 11.8 Å². The zero-order valence-electron chi connectivity index (χ0n) is 12.6. The van der Waals surface area contributed by atoms with E-state index in [9.17, 15) is 18.0 Å². The molecule has 0 aliphatic carbocycles. The highest BCUT2D eigenvalue weighted by Gasteiger charge is 2.32. The minimum absolute atomic E-state index is 0.108. The average Bonchev–Trinajstić information content (AvgIpc) is 2.58. The normalized spacial score (nSPS) is 10.5. The molecule has 0 aliphatic heterocycles. The van der Waals surface area contributed by atoms with Crippen LogP contribution in [0.25, 0.3) is 0 Å². The number of nitrogens with one attached hydrogen (secondary N) is 1. The van der Waals surface area contributed by atoms with E-state index in [1.165, 1.54) is 37.6 Å². The molecule has 7 heteroatoms. The quantitative estimate of drug-likeness (QED) is 0.878.